The van der Waals surface area contributed by atoms with E-state index in [1.165, 1.54) is 11.8 Å². The molecule has 1 aromatic rings. The summed E-state index contributed by atoms with van der Waals surface area (Å²) in [6.07, 6.45) is 2.62. The fourth-order valence-electron chi connectivity index (χ4n) is 3.49. The van der Waals surface area contributed by atoms with E-state index < -0.39 is 0 Å². The topological polar surface area (TPSA) is 54.5 Å². The van der Waals surface area contributed by atoms with Crippen LogP contribution in [0.25, 0.3) is 0 Å². The second kappa shape index (κ2) is 5.10. The average molecular weight is 285 g/mol. The van der Waals surface area contributed by atoms with Gasteiger partial charge in [-0.05, 0) is 56.4 Å². The van der Waals surface area contributed by atoms with Crippen molar-refractivity contribution in [1.82, 2.24) is 0 Å². The molecular weight excluding hydrogens is 266 g/mol. The van der Waals surface area contributed by atoms with Crippen molar-refractivity contribution >= 4 is 23.3 Å². The maximum absolute atomic E-state index is 12.6. The van der Waals surface area contributed by atoms with Crippen LogP contribution in [0.4, 0.5) is 5.69 Å². The molecule has 0 N–H and O–H groups in total. The van der Waals surface area contributed by atoms with Crippen molar-refractivity contribution in [2.75, 3.05) is 4.90 Å². The molecule has 2 aliphatic rings. The summed E-state index contributed by atoms with van der Waals surface area (Å²) in [6, 6.07) is 6.71. The van der Waals surface area contributed by atoms with Gasteiger partial charge in [0.25, 0.3) is 0 Å². The van der Waals surface area contributed by atoms with Gasteiger partial charge in [0.2, 0.25) is 11.8 Å². The molecule has 2 fully saturated rings. The highest BCUT2D eigenvalue weighted by Crippen LogP contribution is 2.42. The molecular formula is C17H19NO3. The molecule has 2 amide bonds. The molecule has 3 atom stereocenters. The van der Waals surface area contributed by atoms with Crippen LogP contribution in [0.5, 0.6) is 0 Å². The van der Waals surface area contributed by atoms with Gasteiger partial charge in [-0.15, -0.1) is 0 Å². The molecule has 110 valence electrons. The Labute approximate surface area is 124 Å². The van der Waals surface area contributed by atoms with Crippen LogP contribution >= 0.6 is 0 Å². The van der Waals surface area contributed by atoms with E-state index in [9.17, 15) is 14.4 Å². The summed E-state index contributed by atoms with van der Waals surface area (Å²) in [4.78, 5) is 37.7. The van der Waals surface area contributed by atoms with Crippen molar-refractivity contribution in [3.63, 3.8) is 0 Å². The van der Waals surface area contributed by atoms with Crippen molar-refractivity contribution in [3.8, 4) is 0 Å². The van der Waals surface area contributed by atoms with E-state index in [1.807, 2.05) is 0 Å². The lowest BCUT2D eigenvalue weighted by molar-refractivity contribution is -0.122. The summed E-state index contributed by atoms with van der Waals surface area (Å²) < 4.78 is 0. The summed E-state index contributed by atoms with van der Waals surface area (Å²) in [5, 5.41) is 0. The fourth-order valence-corrected chi connectivity index (χ4v) is 3.49. The number of amides is 2. The summed E-state index contributed by atoms with van der Waals surface area (Å²) >= 11 is 0. The predicted octanol–water partition coefficient (Wildman–Crippen LogP) is 2.81. The molecule has 4 nitrogen and oxygen atoms in total. The van der Waals surface area contributed by atoms with Gasteiger partial charge in [0.15, 0.2) is 5.78 Å². The van der Waals surface area contributed by atoms with Crippen molar-refractivity contribution in [3.05, 3.63) is 29.8 Å². The van der Waals surface area contributed by atoms with Gasteiger partial charge >= 0.3 is 0 Å². The molecule has 1 aromatic carbocycles. The van der Waals surface area contributed by atoms with Gasteiger partial charge in [0, 0.05) is 5.56 Å². The van der Waals surface area contributed by atoms with Crippen LogP contribution in [0.2, 0.25) is 0 Å². The van der Waals surface area contributed by atoms with E-state index in [1.54, 1.807) is 24.3 Å². The van der Waals surface area contributed by atoms with Crippen LogP contribution in [-0.2, 0) is 9.59 Å². The molecule has 0 radical (unpaired) electrons. The number of hydrogen-bond acceptors (Lipinski definition) is 3. The van der Waals surface area contributed by atoms with Crippen LogP contribution in [0, 0.1) is 17.8 Å². The van der Waals surface area contributed by atoms with Crippen LogP contribution < -0.4 is 4.90 Å². The minimum atomic E-state index is -0.159. The Morgan fingerprint density at radius 1 is 1.05 bits per heavy atom. The van der Waals surface area contributed by atoms with E-state index in [2.05, 4.69) is 6.92 Å². The van der Waals surface area contributed by atoms with Gasteiger partial charge in [0.05, 0.1) is 17.5 Å². The molecule has 0 aromatic heterocycles. The van der Waals surface area contributed by atoms with Gasteiger partial charge in [0.1, 0.15) is 0 Å². The SMILES string of the molecule is CC(=O)c1ccc(N2C(=O)[C@H]3C[C@H](C)CC[C@H]3C2=O)cc1. The van der Waals surface area contributed by atoms with Crippen LogP contribution in [-0.4, -0.2) is 17.6 Å². The first kappa shape index (κ1) is 14.0. The van der Waals surface area contributed by atoms with Gasteiger partial charge in [-0.2, -0.15) is 0 Å². The molecule has 0 spiro atoms. The number of benzene rings is 1. The zero-order valence-corrected chi connectivity index (χ0v) is 12.3. The standard InChI is InChI=1S/C17H19NO3/c1-10-3-8-14-15(9-10)17(21)18(16(14)20)13-6-4-12(5-7-13)11(2)19/h4-7,10,14-15H,3,8-9H2,1-2H3/t10-,14-,15+/m1/s1. The van der Waals surface area contributed by atoms with E-state index in [0.717, 1.165) is 19.3 Å². The van der Waals surface area contributed by atoms with E-state index in [-0.39, 0.29) is 29.4 Å². The van der Waals surface area contributed by atoms with Crippen LogP contribution in [0.15, 0.2) is 24.3 Å². The van der Waals surface area contributed by atoms with Gasteiger partial charge in [-0.25, -0.2) is 0 Å². The number of hydrogen-bond donors (Lipinski definition) is 0. The maximum Gasteiger partial charge on any atom is 0.237 e. The van der Waals surface area contributed by atoms with Crippen molar-refractivity contribution in [2.45, 2.75) is 33.1 Å². The number of fused-ring (bicyclic) bond motifs is 1. The highest BCUT2D eigenvalue weighted by Gasteiger charge is 2.49. The lowest BCUT2D eigenvalue weighted by atomic mass is 9.76. The molecule has 1 saturated heterocycles. The number of rotatable bonds is 2. The van der Waals surface area contributed by atoms with Gasteiger partial charge in [-0.3, -0.25) is 19.3 Å². The predicted molar refractivity (Wildman–Crippen MR) is 78.9 cm³/mol. The Balaban J connectivity index is 1.90. The highest BCUT2D eigenvalue weighted by atomic mass is 16.2. The van der Waals surface area contributed by atoms with E-state index in [4.69, 9.17) is 0 Å². The Hall–Kier alpha value is -1.97. The Bertz CT molecular complexity index is 605. The Kier molecular flexibility index (Phi) is 3.40. The fraction of sp³-hybridized carbons (Fsp3) is 0.471. The number of carbonyl (C=O) groups is 3. The number of Topliss-reactive ketones (excluding diaryl/α,β-unsaturated/α-hetero) is 1. The van der Waals surface area contributed by atoms with Crippen LogP contribution in [0.3, 0.4) is 0 Å². The molecule has 0 unspecified atom stereocenters. The number of carbonyl (C=O) groups excluding carboxylic acids is 3. The quantitative estimate of drug-likeness (QED) is 0.620. The molecule has 4 heteroatoms. The van der Waals surface area contributed by atoms with Crippen molar-refractivity contribution in [1.29, 1.82) is 0 Å². The first-order chi connectivity index (χ1) is 9.99. The van der Waals surface area contributed by atoms with Gasteiger partial charge < -0.3 is 0 Å². The molecule has 3 rings (SSSR count). The Morgan fingerprint density at radius 2 is 1.67 bits per heavy atom. The first-order valence-electron chi connectivity index (χ1n) is 7.48. The number of anilines is 1. The molecule has 0 bridgehead atoms. The van der Waals surface area contributed by atoms with Gasteiger partial charge in [-0.1, -0.05) is 6.92 Å². The number of nitrogens with zero attached hydrogens (tertiary/aromatic N) is 1. The summed E-state index contributed by atoms with van der Waals surface area (Å²) in [6.45, 7) is 3.63. The molecule has 1 saturated carbocycles. The van der Waals surface area contributed by atoms with Crippen LogP contribution in [0.1, 0.15) is 43.5 Å². The molecule has 1 aliphatic carbocycles. The highest BCUT2D eigenvalue weighted by molar-refractivity contribution is 6.22. The summed E-state index contributed by atoms with van der Waals surface area (Å²) in [5.41, 5.74) is 1.17. The minimum absolute atomic E-state index is 0.0249. The minimum Gasteiger partial charge on any atom is -0.295 e. The first-order valence-corrected chi connectivity index (χ1v) is 7.48. The Morgan fingerprint density at radius 3 is 2.29 bits per heavy atom. The van der Waals surface area contributed by atoms with Crippen molar-refractivity contribution in [2.24, 2.45) is 17.8 Å². The normalized spacial score (nSPS) is 28.7. The summed E-state index contributed by atoms with van der Waals surface area (Å²) in [7, 11) is 0. The largest absolute Gasteiger partial charge is 0.295 e. The third-order valence-corrected chi connectivity index (χ3v) is 4.72. The molecule has 1 heterocycles. The molecule has 21 heavy (non-hydrogen) atoms. The lowest BCUT2D eigenvalue weighted by Gasteiger charge is -2.25. The zero-order chi connectivity index (χ0) is 15.1. The monoisotopic (exact) mass is 285 g/mol. The van der Waals surface area contributed by atoms with E-state index >= 15 is 0 Å². The lowest BCUT2D eigenvalue weighted by Crippen LogP contribution is -2.30. The third kappa shape index (κ3) is 2.28. The maximum atomic E-state index is 12.6. The summed E-state index contributed by atoms with van der Waals surface area (Å²) in [5.74, 6) is 0.0145. The number of ketones is 1. The smallest absolute Gasteiger partial charge is 0.237 e. The second-order valence-corrected chi connectivity index (χ2v) is 6.25. The zero-order valence-electron chi connectivity index (χ0n) is 12.3. The van der Waals surface area contributed by atoms with Crippen molar-refractivity contribution < 1.29 is 14.4 Å². The second-order valence-electron chi connectivity index (χ2n) is 6.25. The average Bonchev–Trinajstić information content (AvgIpc) is 2.70. The molecule has 1 aliphatic heterocycles. The number of imide groups is 1. The third-order valence-electron chi connectivity index (χ3n) is 4.72. The van der Waals surface area contributed by atoms with E-state index in [0.29, 0.717) is 17.2 Å².